The molecular weight excluding hydrogens is 244 g/mol. The maximum atomic E-state index is 10.6. The number of hydrogen-bond acceptors (Lipinski definition) is 3. The van der Waals surface area contributed by atoms with Gasteiger partial charge in [-0.05, 0) is 30.9 Å². The predicted octanol–water partition coefficient (Wildman–Crippen LogP) is 3.00. The molecule has 1 N–H and O–H groups in total. The Labute approximate surface area is 113 Å². The Morgan fingerprint density at radius 3 is 2.74 bits per heavy atom. The molecule has 0 spiro atoms. The van der Waals surface area contributed by atoms with Crippen LogP contribution >= 0.6 is 0 Å². The molecule has 1 aliphatic rings. The molecule has 0 saturated heterocycles. The van der Waals surface area contributed by atoms with Gasteiger partial charge in [-0.1, -0.05) is 31.0 Å². The fraction of sp³-hybridized carbons (Fsp3) is 0.533. The number of ether oxygens (including phenoxy) is 2. The zero-order valence-electron chi connectivity index (χ0n) is 11.0. The maximum absolute atomic E-state index is 10.6. The normalized spacial score (nSPS) is 15.6. The second-order valence-electron chi connectivity index (χ2n) is 4.84. The first-order valence-electron chi connectivity index (χ1n) is 6.80. The summed E-state index contributed by atoms with van der Waals surface area (Å²) in [5.74, 6) is -0.0706. The van der Waals surface area contributed by atoms with E-state index in [0.717, 1.165) is 24.2 Å². The summed E-state index contributed by atoms with van der Waals surface area (Å²) in [6.07, 6.45) is 5.62. The molecule has 0 heterocycles. The molecule has 4 heteroatoms. The first kappa shape index (κ1) is 13.9. The van der Waals surface area contributed by atoms with Gasteiger partial charge in [0.2, 0.25) is 0 Å². The van der Waals surface area contributed by atoms with Gasteiger partial charge in [-0.15, -0.1) is 0 Å². The molecule has 0 aromatic heterocycles. The SMILES string of the molecule is O=C(O)CCc1ccccc1OCOC1CCCC1. The van der Waals surface area contributed by atoms with Crippen molar-refractivity contribution in [3.05, 3.63) is 29.8 Å². The molecule has 104 valence electrons. The first-order valence-corrected chi connectivity index (χ1v) is 6.80. The Kier molecular flexibility index (Phi) is 5.21. The minimum Gasteiger partial charge on any atom is -0.481 e. The first-order chi connectivity index (χ1) is 9.25. The number of aliphatic carboxylic acids is 1. The van der Waals surface area contributed by atoms with Crippen molar-refractivity contribution < 1.29 is 19.4 Å². The van der Waals surface area contributed by atoms with Crippen LogP contribution in [0, 0.1) is 0 Å². The summed E-state index contributed by atoms with van der Waals surface area (Å²) in [4.78, 5) is 10.6. The Morgan fingerprint density at radius 2 is 2.00 bits per heavy atom. The zero-order valence-corrected chi connectivity index (χ0v) is 11.0. The van der Waals surface area contributed by atoms with Gasteiger partial charge >= 0.3 is 5.97 Å². The summed E-state index contributed by atoms with van der Waals surface area (Å²) >= 11 is 0. The quantitative estimate of drug-likeness (QED) is 0.769. The number of benzene rings is 1. The lowest BCUT2D eigenvalue weighted by molar-refractivity contribution is -0.136. The number of para-hydroxylation sites is 1. The van der Waals surface area contributed by atoms with Gasteiger partial charge in [0, 0.05) is 6.42 Å². The topological polar surface area (TPSA) is 55.8 Å². The van der Waals surface area contributed by atoms with Crippen molar-refractivity contribution in [1.82, 2.24) is 0 Å². The second kappa shape index (κ2) is 7.14. The Hall–Kier alpha value is -1.55. The van der Waals surface area contributed by atoms with Crippen molar-refractivity contribution in [2.45, 2.75) is 44.6 Å². The van der Waals surface area contributed by atoms with E-state index in [0.29, 0.717) is 12.5 Å². The number of carboxylic acids is 1. The highest BCUT2D eigenvalue weighted by Crippen LogP contribution is 2.23. The monoisotopic (exact) mass is 264 g/mol. The Balaban J connectivity index is 1.82. The molecule has 1 aromatic rings. The van der Waals surface area contributed by atoms with Gasteiger partial charge < -0.3 is 14.6 Å². The molecule has 0 amide bonds. The highest BCUT2D eigenvalue weighted by Gasteiger charge is 2.15. The van der Waals surface area contributed by atoms with Gasteiger partial charge in [0.25, 0.3) is 0 Å². The van der Waals surface area contributed by atoms with Gasteiger partial charge in [-0.2, -0.15) is 0 Å². The van der Waals surface area contributed by atoms with E-state index < -0.39 is 5.97 Å². The van der Waals surface area contributed by atoms with Gasteiger partial charge in [-0.3, -0.25) is 4.79 Å². The van der Waals surface area contributed by atoms with Gasteiger partial charge in [0.1, 0.15) is 5.75 Å². The maximum Gasteiger partial charge on any atom is 0.303 e. The molecule has 1 aliphatic carbocycles. The second-order valence-corrected chi connectivity index (χ2v) is 4.84. The fourth-order valence-electron chi connectivity index (χ4n) is 2.34. The minimum absolute atomic E-state index is 0.115. The average Bonchev–Trinajstić information content (AvgIpc) is 2.91. The number of aryl methyl sites for hydroxylation is 1. The predicted molar refractivity (Wildman–Crippen MR) is 71.2 cm³/mol. The van der Waals surface area contributed by atoms with Gasteiger partial charge in [0.05, 0.1) is 6.10 Å². The van der Waals surface area contributed by atoms with Crippen LogP contribution in [0.1, 0.15) is 37.7 Å². The van der Waals surface area contributed by atoms with E-state index in [-0.39, 0.29) is 13.2 Å². The number of hydrogen-bond donors (Lipinski definition) is 1. The van der Waals surface area contributed by atoms with Crippen LogP contribution in [0.5, 0.6) is 5.75 Å². The van der Waals surface area contributed by atoms with Crippen molar-refractivity contribution in [3.8, 4) is 5.75 Å². The summed E-state index contributed by atoms with van der Waals surface area (Å²) in [5, 5.41) is 8.72. The van der Waals surface area contributed by atoms with Crippen LogP contribution in [0.4, 0.5) is 0 Å². The molecule has 0 aliphatic heterocycles. The summed E-state index contributed by atoms with van der Waals surface area (Å²) < 4.78 is 11.3. The van der Waals surface area contributed by atoms with E-state index in [1.54, 1.807) is 0 Å². The molecule has 0 unspecified atom stereocenters. The van der Waals surface area contributed by atoms with Crippen molar-refractivity contribution in [2.24, 2.45) is 0 Å². The molecule has 1 aromatic carbocycles. The van der Waals surface area contributed by atoms with Crippen molar-refractivity contribution in [2.75, 3.05) is 6.79 Å². The van der Waals surface area contributed by atoms with E-state index in [1.165, 1.54) is 12.8 Å². The molecule has 19 heavy (non-hydrogen) atoms. The fourth-order valence-corrected chi connectivity index (χ4v) is 2.34. The highest BCUT2D eigenvalue weighted by molar-refractivity contribution is 5.67. The molecule has 4 nitrogen and oxygen atoms in total. The lowest BCUT2D eigenvalue weighted by Gasteiger charge is -2.14. The smallest absolute Gasteiger partial charge is 0.303 e. The molecule has 1 fully saturated rings. The van der Waals surface area contributed by atoms with Crippen molar-refractivity contribution >= 4 is 5.97 Å². The zero-order chi connectivity index (χ0) is 13.5. The number of rotatable bonds is 7. The van der Waals surface area contributed by atoms with Crippen LogP contribution in [0.15, 0.2) is 24.3 Å². The van der Waals surface area contributed by atoms with Crippen LogP contribution in [0.25, 0.3) is 0 Å². The molecule has 1 saturated carbocycles. The van der Waals surface area contributed by atoms with Crippen molar-refractivity contribution in [1.29, 1.82) is 0 Å². The summed E-state index contributed by atoms with van der Waals surface area (Å²) in [6, 6.07) is 7.53. The van der Waals surface area contributed by atoms with Crippen molar-refractivity contribution in [3.63, 3.8) is 0 Å². The van der Waals surface area contributed by atoms with E-state index in [4.69, 9.17) is 14.6 Å². The molecule has 0 atom stereocenters. The lowest BCUT2D eigenvalue weighted by Crippen LogP contribution is -2.13. The van der Waals surface area contributed by atoms with Crippen LogP contribution in [0.3, 0.4) is 0 Å². The number of carbonyl (C=O) groups is 1. The van der Waals surface area contributed by atoms with Crippen LogP contribution in [-0.4, -0.2) is 24.0 Å². The summed E-state index contributed by atoms with van der Waals surface area (Å²) in [6.45, 7) is 0.245. The van der Waals surface area contributed by atoms with Gasteiger partial charge in [0.15, 0.2) is 6.79 Å². The van der Waals surface area contributed by atoms with E-state index in [1.807, 2.05) is 24.3 Å². The molecule has 0 radical (unpaired) electrons. The van der Waals surface area contributed by atoms with Crippen LogP contribution in [0.2, 0.25) is 0 Å². The number of carboxylic acid groups (broad SMARTS) is 1. The Morgan fingerprint density at radius 1 is 1.26 bits per heavy atom. The molecule has 0 bridgehead atoms. The largest absolute Gasteiger partial charge is 0.481 e. The highest BCUT2D eigenvalue weighted by atomic mass is 16.7. The van der Waals surface area contributed by atoms with Gasteiger partial charge in [-0.25, -0.2) is 0 Å². The van der Waals surface area contributed by atoms with E-state index in [9.17, 15) is 4.79 Å². The molecule has 2 rings (SSSR count). The van der Waals surface area contributed by atoms with E-state index >= 15 is 0 Å². The standard InChI is InChI=1S/C15H20O4/c16-15(17)10-9-12-5-1-4-8-14(12)19-11-18-13-6-2-3-7-13/h1,4-5,8,13H,2-3,6-7,9-11H2,(H,16,17). The third kappa shape index (κ3) is 4.56. The molecular formula is C15H20O4. The van der Waals surface area contributed by atoms with Crippen LogP contribution < -0.4 is 4.74 Å². The Bertz CT molecular complexity index is 410. The summed E-state index contributed by atoms with van der Waals surface area (Å²) in [7, 11) is 0. The average molecular weight is 264 g/mol. The minimum atomic E-state index is -0.794. The van der Waals surface area contributed by atoms with Crippen LogP contribution in [-0.2, 0) is 16.0 Å². The third-order valence-electron chi connectivity index (χ3n) is 3.40. The van der Waals surface area contributed by atoms with E-state index in [2.05, 4.69) is 0 Å². The summed E-state index contributed by atoms with van der Waals surface area (Å²) in [5.41, 5.74) is 0.917. The third-order valence-corrected chi connectivity index (χ3v) is 3.40. The lowest BCUT2D eigenvalue weighted by atomic mass is 10.1.